The van der Waals surface area contributed by atoms with Crippen molar-refractivity contribution in [2.24, 2.45) is 7.05 Å². The van der Waals surface area contributed by atoms with Crippen LogP contribution < -0.4 is 4.57 Å². The number of carbonyl (C=O) groups is 1. The Morgan fingerprint density at radius 2 is 1.76 bits per heavy atom. The number of hydrogen-bond acceptors (Lipinski definition) is 2. The molecule has 0 radical (unpaired) electrons. The standard InChI is InChI=1S/C6H11N2.C2H4O2.H3O4P/c1-3-8-5-4-7(2)6-8;1-2(3)4;1-5(2,3)4/h4-6H,3H2,1-2H3;1H3,(H,3,4);(H3,1,2,3,4)/q+1;;. The molecule has 0 atom stereocenters. The molecule has 1 heterocycles. The van der Waals surface area contributed by atoms with Crippen LogP contribution >= 0.6 is 7.82 Å². The van der Waals surface area contributed by atoms with Crippen LogP contribution in [0.1, 0.15) is 13.8 Å². The number of imidazole rings is 1. The number of phosphoric acid groups is 1. The van der Waals surface area contributed by atoms with Gasteiger partial charge in [0.1, 0.15) is 12.4 Å². The van der Waals surface area contributed by atoms with Gasteiger partial charge in [-0.15, -0.1) is 0 Å². The fraction of sp³-hybridized carbons (Fsp3) is 0.500. The Bertz CT molecular complexity index is 360. The Morgan fingerprint density at radius 1 is 1.41 bits per heavy atom. The number of hydrogen-bond donors (Lipinski definition) is 4. The van der Waals surface area contributed by atoms with E-state index in [-0.39, 0.29) is 0 Å². The maximum Gasteiger partial charge on any atom is 0.466 e. The Morgan fingerprint density at radius 3 is 1.88 bits per heavy atom. The third-order valence-electron chi connectivity index (χ3n) is 1.19. The van der Waals surface area contributed by atoms with Crippen LogP contribution in [0.4, 0.5) is 0 Å². The molecule has 8 nitrogen and oxygen atoms in total. The first-order valence-corrected chi connectivity index (χ1v) is 6.11. The van der Waals surface area contributed by atoms with E-state index in [4.69, 9.17) is 29.1 Å². The number of rotatable bonds is 1. The van der Waals surface area contributed by atoms with E-state index in [1.165, 1.54) is 0 Å². The largest absolute Gasteiger partial charge is 0.481 e. The van der Waals surface area contributed by atoms with Gasteiger partial charge in [-0.25, -0.2) is 13.7 Å². The average Bonchev–Trinajstić information content (AvgIpc) is 2.47. The molecule has 0 bridgehead atoms. The molecule has 100 valence electrons. The van der Waals surface area contributed by atoms with Crippen molar-refractivity contribution in [3.8, 4) is 0 Å². The molecule has 0 aliphatic heterocycles. The summed E-state index contributed by atoms with van der Waals surface area (Å²) >= 11 is 0. The molecule has 0 amide bonds. The van der Waals surface area contributed by atoms with Crippen LogP contribution in [0.3, 0.4) is 0 Å². The highest BCUT2D eigenvalue weighted by molar-refractivity contribution is 7.45. The Balaban J connectivity index is 0. The predicted octanol–water partition coefficient (Wildman–Crippen LogP) is -0.505. The monoisotopic (exact) mass is 269 g/mol. The lowest BCUT2D eigenvalue weighted by molar-refractivity contribution is -0.671. The summed E-state index contributed by atoms with van der Waals surface area (Å²) in [6.45, 7) is 4.26. The van der Waals surface area contributed by atoms with Crippen LogP contribution in [0.5, 0.6) is 0 Å². The quantitative estimate of drug-likeness (QED) is 0.402. The summed E-state index contributed by atoms with van der Waals surface area (Å²) in [5.41, 5.74) is 0. The number of aliphatic carboxylic acids is 1. The first kappa shape index (κ1) is 18.2. The van der Waals surface area contributed by atoms with Gasteiger partial charge in [-0.1, -0.05) is 0 Å². The minimum absolute atomic E-state index is 0.833. The van der Waals surface area contributed by atoms with E-state index >= 15 is 0 Å². The van der Waals surface area contributed by atoms with Crippen molar-refractivity contribution in [1.29, 1.82) is 0 Å². The van der Waals surface area contributed by atoms with E-state index in [1.54, 1.807) is 0 Å². The average molecular weight is 269 g/mol. The number of carboxylic acid groups (broad SMARTS) is 1. The summed E-state index contributed by atoms with van der Waals surface area (Å²) in [5, 5.41) is 7.42. The zero-order valence-corrected chi connectivity index (χ0v) is 10.8. The SMILES string of the molecule is CC(=O)O.CCn1cc[n+](C)c1.O=P(O)(O)O. The fourth-order valence-electron chi connectivity index (χ4n) is 0.689. The van der Waals surface area contributed by atoms with Crippen molar-refractivity contribution in [1.82, 2.24) is 4.57 Å². The molecule has 9 heteroatoms. The van der Waals surface area contributed by atoms with E-state index in [1.807, 2.05) is 17.8 Å². The second-order valence-electron chi connectivity index (χ2n) is 2.94. The van der Waals surface area contributed by atoms with Crippen molar-refractivity contribution in [2.75, 3.05) is 0 Å². The van der Waals surface area contributed by atoms with Crippen LogP contribution in [-0.2, 0) is 23.0 Å². The second-order valence-corrected chi connectivity index (χ2v) is 3.97. The van der Waals surface area contributed by atoms with Crippen molar-refractivity contribution >= 4 is 13.8 Å². The molecular formula is C8H18N2O6P+. The smallest absolute Gasteiger partial charge is 0.466 e. The zero-order valence-electron chi connectivity index (χ0n) is 9.89. The van der Waals surface area contributed by atoms with Crippen LogP contribution in [0.15, 0.2) is 18.7 Å². The topological polar surface area (TPSA) is 124 Å². The lowest BCUT2D eigenvalue weighted by atomic mass is 10.7. The van der Waals surface area contributed by atoms with Gasteiger partial charge in [-0.3, -0.25) is 4.79 Å². The summed E-state index contributed by atoms with van der Waals surface area (Å²) in [4.78, 5) is 30.6. The van der Waals surface area contributed by atoms with E-state index in [2.05, 4.69) is 24.0 Å². The fourth-order valence-corrected chi connectivity index (χ4v) is 0.689. The second kappa shape index (κ2) is 8.89. The van der Waals surface area contributed by atoms with E-state index in [0.717, 1.165) is 13.5 Å². The Hall–Kier alpha value is -1.21. The lowest BCUT2D eigenvalue weighted by Gasteiger charge is -1.82. The molecule has 0 spiro atoms. The van der Waals surface area contributed by atoms with Crippen LogP contribution in [0.2, 0.25) is 0 Å². The lowest BCUT2D eigenvalue weighted by Crippen LogP contribution is -2.23. The van der Waals surface area contributed by atoms with Gasteiger partial charge in [0.05, 0.1) is 13.6 Å². The predicted molar refractivity (Wildman–Crippen MR) is 58.9 cm³/mol. The molecule has 0 aliphatic carbocycles. The van der Waals surface area contributed by atoms with Gasteiger partial charge < -0.3 is 19.8 Å². The molecule has 0 aliphatic rings. The third kappa shape index (κ3) is 25.2. The van der Waals surface area contributed by atoms with Crippen LogP contribution in [0.25, 0.3) is 0 Å². The number of carboxylic acids is 1. The molecule has 1 rings (SSSR count). The number of nitrogens with zero attached hydrogens (tertiary/aromatic N) is 2. The van der Waals surface area contributed by atoms with Crippen molar-refractivity contribution < 1.29 is 33.7 Å². The van der Waals surface area contributed by atoms with Gasteiger partial charge in [0.25, 0.3) is 5.97 Å². The van der Waals surface area contributed by atoms with Crippen LogP contribution in [-0.4, -0.2) is 30.3 Å². The maximum absolute atomic E-state index is 9.00. The minimum Gasteiger partial charge on any atom is -0.481 e. The summed E-state index contributed by atoms with van der Waals surface area (Å²) in [6.07, 6.45) is 6.14. The molecule has 4 N–H and O–H groups in total. The molecule has 0 saturated carbocycles. The molecule has 1 aromatic heterocycles. The Labute approximate surface area is 99.0 Å². The van der Waals surface area contributed by atoms with Gasteiger partial charge in [-0.05, 0) is 6.92 Å². The molecule has 0 saturated heterocycles. The highest BCUT2D eigenvalue weighted by Crippen LogP contribution is 2.25. The Kier molecular flexibility index (Phi) is 9.49. The van der Waals surface area contributed by atoms with E-state index in [9.17, 15) is 0 Å². The zero-order chi connectivity index (χ0) is 14.1. The van der Waals surface area contributed by atoms with Gasteiger partial charge in [0.2, 0.25) is 6.33 Å². The van der Waals surface area contributed by atoms with Gasteiger partial charge in [0.15, 0.2) is 0 Å². The minimum atomic E-state index is -4.64. The van der Waals surface area contributed by atoms with Crippen molar-refractivity contribution in [2.45, 2.75) is 20.4 Å². The summed E-state index contributed by atoms with van der Waals surface area (Å²) in [6, 6.07) is 0. The van der Waals surface area contributed by atoms with Gasteiger partial charge >= 0.3 is 7.82 Å². The normalized spacial score (nSPS) is 9.53. The molecule has 17 heavy (non-hydrogen) atoms. The molecule has 0 unspecified atom stereocenters. The van der Waals surface area contributed by atoms with E-state index in [0.29, 0.717) is 0 Å². The summed E-state index contributed by atoms with van der Waals surface area (Å²) < 4.78 is 13.0. The maximum atomic E-state index is 9.00. The van der Waals surface area contributed by atoms with Crippen LogP contribution in [0, 0.1) is 0 Å². The van der Waals surface area contributed by atoms with Crippen molar-refractivity contribution in [3.63, 3.8) is 0 Å². The molecule has 0 aromatic carbocycles. The molecule has 0 fully saturated rings. The van der Waals surface area contributed by atoms with E-state index < -0.39 is 13.8 Å². The van der Waals surface area contributed by atoms with Gasteiger partial charge in [-0.2, -0.15) is 0 Å². The highest BCUT2D eigenvalue weighted by atomic mass is 31.2. The third-order valence-corrected chi connectivity index (χ3v) is 1.19. The summed E-state index contributed by atoms with van der Waals surface area (Å²) in [5.74, 6) is -0.833. The molecular weight excluding hydrogens is 251 g/mol. The molecule has 1 aromatic rings. The highest BCUT2D eigenvalue weighted by Gasteiger charge is 2.00. The first-order chi connectivity index (χ1) is 7.56. The van der Waals surface area contributed by atoms with Gasteiger partial charge in [0, 0.05) is 6.92 Å². The number of aromatic nitrogens is 2. The number of aryl methyl sites for hydroxylation is 2. The van der Waals surface area contributed by atoms with Crippen molar-refractivity contribution in [3.05, 3.63) is 18.7 Å². The summed E-state index contributed by atoms with van der Waals surface area (Å²) in [7, 11) is -2.62. The first-order valence-electron chi connectivity index (χ1n) is 4.55.